The molecule has 106 valence electrons. The van der Waals surface area contributed by atoms with E-state index in [-0.39, 0.29) is 24.8 Å². The molecule has 3 nitrogen and oxygen atoms in total. The molecule has 0 aliphatic carbocycles. The zero-order chi connectivity index (χ0) is 13.7. The second-order valence-electron chi connectivity index (χ2n) is 3.96. The summed E-state index contributed by atoms with van der Waals surface area (Å²) in [5.74, 6) is -1.04. The number of hydrogen-bond donors (Lipinski definition) is 1. The topological polar surface area (TPSA) is 42.0 Å². The van der Waals surface area contributed by atoms with Crippen LogP contribution in [-0.2, 0) is 11.3 Å². The van der Waals surface area contributed by atoms with Gasteiger partial charge < -0.3 is 5.32 Å². The Balaban J connectivity index is 0.00000200. The van der Waals surface area contributed by atoms with E-state index in [4.69, 9.17) is 0 Å². The highest BCUT2D eigenvalue weighted by molar-refractivity contribution is 5.85. The van der Waals surface area contributed by atoms with Gasteiger partial charge in [-0.25, -0.2) is 8.78 Å². The molecular formula is C14H13ClF2N2O. The zero-order valence-corrected chi connectivity index (χ0v) is 11.3. The van der Waals surface area contributed by atoms with Crippen LogP contribution < -0.4 is 5.32 Å². The Morgan fingerprint density at radius 1 is 1.20 bits per heavy atom. The Bertz CT molecular complexity index is 579. The van der Waals surface area contributed by atoms with Gasteiger partial charge in [-0.05, 0) is 35.4 Å². The quantitative estimate of drug-likeness (QED) is 0.943. The third kappa shape index (κ3) is 3.99. The summed E-state index contributed by atoms with van der Waals surface area (Å²) in [6.45, 7) is -0.889. The predicted octanol–water partition coefficient (Wildman–Crippen LogP) is 2.90. The molecule has 0 atom stereocenters. The molecule has 0 aliphatic rings. The number of nitrogens with zero attached hydrogens (tertiary/aromatic N) is 1. The second kappa shape index (κ2) is 7.55. The summed E-state index contributed by atoms with van der Waals surface area (Å²) in [5, 5.41) is 2.40. The van der Waals surface area contributed by atoms with E-state index in [1.54, 1.807) is 36.7 Å². The number of amides is 1. The molecule has 0 spiro atoms. The average molecular weight is 299 g/mol. The minimum Gasteiger partial charge on any atom is -0.350 e. The number of nitrogens with one attached hydrogen (secondary N) is 1. The van der Waals surface area contributed by atoms with Gasteiger partial charge in [0, 0.05) is 24.5 Å². The maximum absolute atomic E-state index is 13.8. The van der Waals surface area contributed by atoms with Gasteiger partial charge in [0.2, 0.25) is 0 Å². The Morgan fingerprint density at radius 3 is 2.55 bits per heavy atom. The van der Waals surface area contributed by atoms with Crippen LogP contribution in [0.5, 0.6) is 0 Å². The van der Waals surface area contributed by atoms with E-state index in [0.29, 0.717) is 16.7 Å². The Kier molecular flexibility index (Phi) is 6.06. The van der Waals surface area contributed by atoms with Gasteiger partial charge in [-0.15, -0.1) is 12.4 Å². The van der Waals surface area contributed by atoms with Gasteiger partial charge in [0.05, 0.1) is 0 Å². The summed E-state index contributed by atoms with van der Waals surface area (Å²) in [5.41, 5.74) is 1.83. The maximum Gasteiger partial charge on any atom is 0.251 e. The third-order valence-electron chi connectivity index (χ3n) is 2.63. The molecule has 20 heavy (non-hydrogen) atoms. The molecule has 1 heterocycles. The average Bonchev–Trinajstić information content (AvgIpc) is 2.47. The number of hydrogen-bond acceptors (Lipinski definition) is 2. The minimum atomic E-state index is -1.06. The van der Waals surface area contributed by atoms with Gasteiger partial charge in [-0.1, -0.05) is 6.07 Å². The van der Waals surface area contributed by atoms with Gasteiger partial charge in [-0.2, -0.15) is 0 Å². The highest BCUT2D eigenvalue weighted by Crippen LogP contribution is 2.23. The highest BCUT2D eigenvalue weighted by Gasteiger charge is 2.07. The van der Waals surface area contributed by atoms with Crippen LogP contribution in [0.25, 0.3) is 11.1 Å². The zero-order valence-electron chi connectivity index (χ0n) is 10.5. The molecular weight excluding hydrogens is 286 g/mol. The lowest BCUT2D eigenvalue weighted by Crippen LogP contribution is -2.24. The number of alkyl halides is 1. The van der Waals surface area contributed by atoms with Crippen molar-refractivity contribution in [3.63, 3.8) is 0 Å². The molecule has 6 heteroatoms. The van der Waals surface area contributed by atoms with Gasteiger partial charge in [0.15, 0.2) is 6.67 Å². The molecule has 0 saturated carbocycles. The molecule has 0 bridgehead atoms. The summed E-state index contributed by atoms with van der Waals surface area (Å²) < 4.78 is 25.8. The maximum atomic E-state index is 13.8. The fourth-order valence-corrected chi connectivity index (χ4v) is 1.68. The SMILES string of the molecule is Cl.O=C(CF)NCc1ccc(F)c(-c2ccncc2)c1. The van der Waals surface area contributed by atoms with Crippen LogP contribution in [0.3, 0.4) is 0 Å². The summed E-state index contributed by atoms with van der Waals surface area (Å²) in [6, 6.07) is 7.90. The molecule has 0 unspecified atom stereocenters. The van der Waals surface area contributed by atoms with Crippen molar-refractivity contribution >= 4 is 18.3 Å². The number of benzene rings is 1. The lowest BCUT2D eigenvalue weighted by molar-refractivity contribution is -0.122. The van der Waals surface area contributed by atoms with Gasteiger partial charge >= 0.3 is 0 Å². The summed E-state index contributed by atoms with van der Waals surface area (Å²) >= 11 is 0. The normalized spacial score (nSPS) is 9.70. The van der Waals surface area contributed by atoms with Crippen LogP contribution in [0.1, 0.15) is 5.56 Å². The number of carbonyl (C=O) groups excluding carboxylic acids is 1. The lowest BCUT2D eigenvalue weighted by Gasteiger charge is -2.07. The molecule has 0 fully saturated rings. The number of rotatable bonds is 4. The lowest BCUT2D eigenvalue weighted by atomic mass is 10.0. The van der Waals surface area contributed by atoms with E-state index in [2.05, 4.69) is 10.3 Å². The fraction of sp³-hybridized carbons (Fsp3) is 0.143. The van der Waals surface area contributed by atoms with Crippen molar-refractivity contribution in [2.75, 3.05) is 6.67 Å². The smallest absolute Gasteiger partial charge is 0.251 e. The molecule has 1 amide bonds. The minimum absolute atomic E-state index is 0. The monoisotopic (exact) mass is 298 g/mol. The van der Waals surface area contributed by atoms with Crippen molar-refractivity contribution in [3.05, 3.63) is 54.1 Å². The summed E-state index contributed by atoms with van der Waals surface area (Å²) in [4.78, 5) is 14.7. The van der Waals surface area contributed by atoms with Crippen molar-refractivity contribution in [2.24, 2.45) is 0 Å². The third-order valence-corrected chi connectivity index (χ3v) is 2.63. The first-order valence-electron chi connectivity index (χ1n) is 5.72. The predicted molar refractivity (Wildman–Crippen MR) is 74.7 cm³/mol. The molecule has 1 aromatic heterocycles. The summed E-state index contributed by atoms with van der Waals surface area (Å²) in [7, 11) is 0. The van der Waals surface area contributed by atoms with Crippen molar-refractivity contribution in [3.8, 4) is 11.1 Å². The van der Waals surface area contributed by atoms with Crippen LogP contribution in [-0.4, -0.2) is 17.6 Å². The van der Waals surface area contributed by atoms with Gasteiger partial charge in [0.1, 0.15) is 5.82 Å². The van der Waals surface area contributed by atoms with E-state index < -0.39 is 12.6 Å². The van der Waals surface area contributed by atoms with Crippen molar-refractivity contribution in [1.29, 1.82) is 0 Å². The van der Waals surface area contributed by atoms with E-state index >= 15 is 0 Å². The number of halogens is 3. The summed E-state index contributed by atoms with van der Waals surface area (Å²) in [6.07, 6.45) is 3.15. The van der Waals surface area contributed by atoms with Crippen LogP contribution in [0, 0.1) is 5.82 Å². The largest absolute Gasteiger partial charge is 0.350 e. The first-order valence-corrected chi connectivity index (χ1v) is 5.72. The number of pyridine rings is 1. The van der Waals surface area contributed by atoms with Crippen molar-refractivity contribution < 1.29 is 13.6 Å². The molecule has 0 radical (unpaired) electrons. The van der Waals surface area contributed by atoms with Crippen molar-refractivity contribution in [1.82, 2.24) is 10.3 Å². The molecule has 2 rings (SSSR count). The standard InChI is InChI=1S/C14H12F2N2O.ClH/c15-8-14(19)18-9-10-1-2-13(16)12(7-10)11-3-5-17-6-4-11;/h1-7H,8-9H2,(H,18,19);1H. The number of aromatic nitrogens is 1. The molecule has 0 aliphatic heterocycles. The number of carbonyl (C=O) groups is 1. The molecule has 2 aromatic rings. The van der Waals surface area contributed by atoms with E-state index in [1.165, 1.54) is 6.07 Å². The second-order valence-corrected chi connectivity index (χ2v) is 3.96. The van der Waals surface area contributed by atoms with E-state index in [1.807, 2.05) is 0 Å². The Hall–Kier alpha value is -2.01. The highest BCUT2D eigenvalue weighted by atomic mass is 35.5. The first kappa shape index (κ1) is 16.0. The van der Waals surface area contributed by atoms with E-state index in [9.17, 15) is 13.6 Å². The van der Waals surface area contributed by atoms with Crippen LogP contribution in [0.15, 0.2) is 42.7 Å². The van der Waals surface area contributed by atoms with Crippen LogP contribution in [0.4, 0.5) is 8.78 Å². The molecule has 0 saturated heterocycles. The van der Waals surface area contributed by atoms with E-state index in [0.717, 1.165) is 0 Å². The molecule has 1 N–H and O–H groups in total. The first-order chi connectivity index (χ1) is 9.20. The van der Waals surface area contributed by atoms with Crippen LogP contribution >= 0.6 is 12.4 Å². The van der Waals surface area contributed by atoms with Crippen molar-refractivity contribution in [2.45, 2.75) is 6.54 Å². The fourth-order valence-electron chi connectivity index (χ4n) is 1.68. The Labute approximate surface area is 121 Å². The van der Waals surface area contributed by atoms with Crippen LogP contribution in [0.2, 0.25) is 0 Å². The Morgan fingerprint density at radius 2 is 1.90 bits per heavy atom. The molecule has 1 aromatic carbocycles. The van der Waals surface area contributed by atoms with Gasteiger partial charge in [-0.3, -0.25) is 9.78 Å². The van der Waals surface area contributed by atoms with Gasteiger partial charge in [0.25, 0.3) is 5.91 Å².